The van der Waals surface area contributed by atoms with Gasteiger partial charge < -0.3 is 9.15 Å². The second kappa shape index (κ2) is 8.17. The van der Waals surface area contributed by atoms with Gasteiger partial charge in [0.1, 0.15) is 5.82 Å². The van der Waals surface area contributed by atoms with E-state index in [0.29, 0.717) is 12.3 Å². The Kier molecular flexibility index (Phi) is 5.69. The average Bonchev–Trinajstić information content (AvgIpc) is 3.16. The lowest BCUT2D eigenvalue weighted by atomic mass is 10.2. The second-order valence-electron chi connectivity index (χ2n) is 5.66. The molecular formula is C18H16FN3O5S. The number of hydrogen-bond donors (Lipinski definition) is 1. The minimum Gasteiger partial charge on any atom is -0.452 e. The number of carbonyl (C=O) groups excluding carboxylic acids is 1. The first-order valence-electron chi connectivity index (χ1n) is 8.24. The van der Waals surface area contributed by atoms with E-state index in [-0.39, 0.29) is 28.6 Å². The van der Waals surface area contributed by atoms with Gasteiger partial charge in [0.2, 0.25) is 5.89 Å². The maximum Gasteiger partial charge on any atom is 0.338 e. The molecular weight excluding hydrogens is 389 g/mol. The van der Waals surface area contributed by atoms with E-state index in [1.54, 1.807) is 0 Å². The molecule has 0 spiro atoms. The van der Waals surface area contributed by atoms with Crippen LogP contribution in [0.15, 0.2) is 57.8 Å². The van der Waals surface area contributed by atoms with Crippen molar-refractivity contribution in [3.05, 3.63) is 71.7 Å². The van der Waals surface area contributed by atoms with E-state index in [1.165, 1.54) is 36.4 Å². The smallest absolute Gasteiger partial charge is 0.338 e. The first-order valence-corrected chi connectivity index (χ1v) is 9.72. The largest absolute Gasteiger partial charge is 0.452 e. The molecule has 0 aliphatic carbocycles. The zero-order valence-corrected chi connectivity index (χ0v) is 15.6. The van der Waals surface area contributed by atoms with Gasteiger partial charge in [-0.25, -0.2) is 17.6 Å². The number of aryl methyl sites for hydroxylation is 1. The normalized spacial score (nSPS) is 11.2. The molecule has 3 rings (SSSR count). The summed E-state index contributed by atoms with van der Waals surface area (Å²) in [6.45, 7) is 1.62. The molecule has 0 aliphatic rings. The van der Waals surface area contributed by atoms with Gasteiger partial charge in [0.05, 0.1) is 10.5 Å². The highest BCUT2D eigenvalue weighted by atomic mass is 32.2. The molecule has 8 nitrogen and oxygen atoms in total. The number of carbonyl (C=O) groups is 1. The Hall–Kier alpha value is -3.27. The Labute approximate surface area is 160 Å². The zero-order valence-electron chi connectivity index (χ0n) is 14.8. The number of ether oxygens (including phenoxy) is 1. The highest BCUT2D eigenvalue weighted by Crippen LogP contribution is 2.18. The summed E-state index contributed by atoms with van der Waals surface area (Å²) in [4.78, 5) is 12.1. The standard InChI is InChI=1S/C18H16FN3O5S/c1-2-16-20-21-17(27-16)11-26-18(23)12-4-3-5-15(10-12)28(24,25)22-14-8-6-13(19)7-9-14/h3-10,22H,2,11H2,1H3. The minimum absolute atomic E-state index is 0.0391. The molecule has 1 N–H and O–H groups in total. The zero-order chi connectivity index (χ0) is 20.1. The van der Waals surface area contributed by atoms with Gasteiger partial charge in [-0.1, -0.05) is 13.0 Å². The van der Waals surface area contributed by atoms with Crippen molar-refractivity contribution in [1.29, 1.82) is 0 Å². The summed E-state index contributed by atoms with van der Waals surface area (Å²) >= 11 is 0. The number of esters is 1. The van der Waals surface area contributed by atoms with Crippen LogP contribution in [0.3, 0.4) is 0 Å². The van der Waals surface area contributed by atoms with Crippen LogP contribution in [0.25, 0.3) is 0 Å². The van der Waals surface area contributed by atoms with Crippen LogP contribution in [0.4, 0.5) is 10.1 Å². The van der Waals surface area contributed by atoms with Crippen LogP contribution in [-0.4, -0.2) is 24.6 Å². The van der Waals surface area contributed by atoms with E-state index in [2.05, 4.69) is 14.9 Å². The van der Waals surface area contributed by atoms with Crippen LogP contribution in [0.1, 0.15) is 29.1 Å². The van der Waals surface area contributed by atoms with E-state index in [9.17, 15) is 17.6 Å². The van der Waals surface area contributed by atoms with Gasteiger partial charge in [-0.2, -0.15) is 0 Å². The third-order valence-corrected chi connectivity index (χ3v) is 4.99. The van der Waals surface area contributed by atoms with E-state index in [1.807, 2.05) is 6.92 Å². The maximum atomic E-state index is 13.0. The van der Waals surface area contributed by atoms with Crippen LogP contribution >= 0.6 is 0 Å². The predicted molar refractivity (Wildman–Crippen MR) is 96.4 cm³/mol. The average molecular weight is 405 g/mol. The fraction of sp³-hybridized carbons (Fsp3) is 0.167. The topological polar surface area (TPSA) is 111 Å². The van der Waals surface area contributed by atoms with Gasteiger partial charge in [-0.15, -0.1) is 10.2 Å². The SMILES string of the molecule is CCc1nnc(COC(=O)c2cccc(S(=O)(=O)Nc3ccc(F)cc3)c2)o1. The number of benzene rings is 2. The summed E-state index contributed by atoms with van der Waals surface area (Å²) in [7, 11) is -3.97. The molecule has 0 saturated heterocycles. The molecule has 0 saturated carbocycles. The first kappa shape index (κ1) is 19.5. The third-order valence-electron chi connectivity index (χ3n) is 3.61. The molecule has 10 heteroatoms. The number of nitrogens with one attached hydrogen (secondary N) is 1. The molecule has 0 radical (unpaired) electrons. The first-order chi connectivity index (χ1) is 13.4. The van der Waals surface area contributed by atoms with Crippen LogP contribution in [0.2, 0.25) is 0 Å². The Morgan fingerprint density at radius 3 is 2.54 bits per heavy atom. The van der Waals surface area contributed by atoms with Gasteiger partial charge in [0.15, 0.2) is 6.61 Å². The summed E-state index contributed by atoms with van der Waals surface area (Å²) < 4.78 is 50.6. The lowest BCUT2D eigenvalue weighted by Crippen LogP contribution is -2.14. The van der Waals surface area contributed by atoms with Crippen molar-refractivity contribution in [3.8, 4) is 0 Å². The van der Waals surface area contributed by atoms with Crippen LogP contribution in [0.5, 0.6) is 0 Å². The summed E-state index contributed by atoms with van der Waals surface area (Å²) in [5, 5.41) is 7.49. The van der Waals surface area contributed by atoms with Crippen LogP contribution in [-0.2, 0) is 27.8 Å². The van der Waals surface area contributed by atoms with Crippen molar-refractivity contribution in [2.75, 3.05) is 4.72 Å². The summed E-state index contributed by atoms with van der Waals surface area (Å²) in [6.07, 6.45) is 0.557. The fourth-order valence-electron chi connectivity index (χ4n) is 2.22. The third kappa shape index (κ3) is 4.71. The molecule has 0 aliphatic heterocycles. The minimum atomic E-state index is -3.97. The van der Waals surface area contributed by atoms with Crippen LogP contribution in [0, 0.1) is 5.82 Å². The van der Waals surface area contributed by atoms with Crippen molar-refractivity contribution in [1.82, 2.24) is 10.2 Å². The highest BCUT2D eigenvalue weighted by Gasteiger charge is 2.18. The fourth-order valence-corrected chi connectivity index (χ4v) is 3.33. The van der Waals surface area contributed by atoms with Crippen molar-refractivity contribution in [2.24, 2.45) is 0 Å². The summed E-state index contributed by atoms with van der Waals surface area (Å²) in [5.41, 5.74) is 0.231. The molecule has 1 aromatic heterocycles. The number of nitrogens with zero attached hydrogens (tertiary/aromatic N) is 2. The molecule has 0 fully saturated rings. The van der Waals surface area contributed by atoms with Gasteiger partial charge >= 0.3 is 5.97 Å². The van der Waals surface area contributed by atoms with E-state index < -0.39 is 21.8 Å². The molecule has 2 aromatic carbocycles. The number of anilines is 1. The van der Waals surface area contributed by atoms with Crippen molar-refractivity contribution in [2.45, 2.75) is 24.8 Å². The van der Waals surface area contributed by atoms with Gasteiger partial charge in [-0.3, -0.25) is 4.72 Å². The molecule has 146 valence electrons. The second-order valence-corrected chi connectivity index (χ2v) is 7.34. The quantitative estimate of drug-likeness (QED) is 0.602. The molecule has 0 bridgehead atoms. The Bertz CT molecular complexity index is 1080. The predicted octanol–water partition coefficient (Wildman–Crippen LogP) is 2.93. The number of rotatable bonds is 7. The van der Waals surface area contributed by atoms with Gasteiger partial charge in [0.25, 0.3) is 15.9 Å². The molecule has 0 amide bonds. The number of halogens is 1. The van der Waals surface area contributed by atoms with Crippen molar-refractivity contribution < 1.29 is 26.8 Å². The highest BCUT2D eigenvalue weighted by molar-refractivity contribution is 7.92. The summed E-state index contributed by atoms with van der Waals surface area (Å²) in [5.74, 6) is -0.659. The van der Waals surface area contributed by atoms with E-state index in [4.69, 9.17) is 9.15 Å². The monoisotopic (exact) mass is 405 g/mol. The molecule has 0 unspecified atom stereocenters. The van der Waals surface area contributed by atoms with E-state index >= 15 is 0 Å². The molecule has 0 atom stereocenters. The van der Waals surface area contributed by atoms with Crippen molar-refractivity contribution >= 4 is 21.7 Å². The lowest BCUT2D eigenvalue weighted by Gasteiger charge is -2.09. The lowest BCUT2D eigenvalue weighted by molar-refractivity contribution is 0.0436. The number of hydrogen-bond acceptors (Lipinski definition) is 7. The summed E-state index contributed by atoms with van der Waals surface area (Å²) in [6, 6.07) is 10.2. The molecule has 28 heavy (non-hydrogen) atoms. The number of aromatic nitrogens is 2. The molecule has 1 heterocycles. The Morgan fingerprint density at radius 1 is 1.14 bits per heavy atom. The van der Waals surface area contributed by atoms with Crippen LogP contribution < -0.4 is 4.72 Å². The Balaban J connectivity index is 1.71. The van der Waals surface area contributed by atoms with Crippen molar-refractivity contribution in [3.63, 3.8) is 0 Å². The van der Waals surface area contributed by atoms with E-state index in [0.717, 1.165) is 12.1 Å². The molecule has 3 aromatic rings. The Morgan fingerprint density at radius 2 is 1.86 bits per heavy atom. The number of sulfonamides is 1. The van der Waals surface area contributed by atoms with Gasteiger partial charge in [-0.05, 0) is 42.5 Å². The maximum absolute atomic E-state index is 13.0. The van der Waals surface area contributed by atoms with Gasteiger partial charge in [0, 0.05) is 12.1 Å².